The molecule has 3 rings (SSSR count). The maximum absolute atomic E-state index is 13.3. The van der Waals surface area contributed by atoms with Crippen molar-refractivity contribution in [3.05, 3.63) is 35.9 Å². The predicted molar refractivity (Wildman–Crippen MR) is 111 cm³/mol. The highest BCUT2D eigenvalue weighted by molar-refractivity contribution is 5.85. The van der Waals surface area contributed by atoms with E-state index in [0.717, 1.165) is 57.8 Å². The molecule has 1 aromatic rings. The van der Waals surface area contributed by atoms with Gasteiger partial charge in [-0.3, -0.25) is 9.69 Å². The zero-order chi connectivity index (χ0) is 16.9. The van der Waals surface area contributed by atoms with E-state index < -0.39 is 0 Å². The van der Waals surface area contributed by atoms with Gasteiger partial charge in [0.1, 0.15) is 6.04 Å². The molecule has 0 aliphatic carbocycles. The second-order valence-corrected chi connectivity index (χ2v) is 7.15. The Morgan fingerprint density at radius 1 is 1.12 bits per heavy atom. The summed E-state index contributed by atoms with van der Waals surface area (Å²) in [6, 6.07) is 10.2. The van der Waals surface area contributed by atoms with Gasteiger partial charge in [-0.2, -0.15) is 0 Å². The number of likely N-dealkylation sites (N-methyl/N-ethyl adjacent to an activating group) is 1. The van der Waals surface area contributed by atoms with Crippen LogP contribution in [0.4, 0.5) is 0 Å². The maximum Gasteiger partial charge on any atom is 0.244 e. The van der Waals surface area contributed by atoms with Crippen molar-refractivity contribution in [2.24, 2.45) is 5.92 Å². The second-order valence-electron chi connectivity index (χ2n) is 7.15. The van der Waals surface area contributed by atoms with E-state index in [1.807, 2.05) is 25.2 Å². The fourth-order valence-electron chi connectivity index (χ4n) is 3.89. The van der Waals surface area contributed by atoms with Crippen molar-refractivity contribution in [2.75, 3.05) is 59.9 Å². The zero-order valence-electron chi connectivity index (χ0n) is 15.8. The normalized spacial score (nSPS) is 22.4. The molecule has 2 heterocycles. The van der Waals surface area contributed by atoms with E-state index in [0.29, 0.717) is 5.92 Å². The Morgan fingerprint density at radius 2 is 1.77 bits per heavy atom. The minimum Gasteiger partial charge on any atom is -0.341 e. The van der Waals surface area contributed by atoms with Gasteiger partial charge in [-0.25, -0.2) is 0 Å². The quantitative estimate of drug-likeness (QED) is 0.815. The number of likely N-dealkylation sites (tertiary alicyclic amines) is 1. The molecule has 0 bridgehead atoms. The van der Waals surface area contributed by atoms with Crippen LogP contribution < -0.4 is 5.32 Å². The lowest BCUT2D eigenvalue weighted by molar-refractivity contribution is -0.137. The molecule has 0 aromatic heterocycles. The lowest BCUT2D eigenvalue weighted by Gasteiger charge is -2.38. The van der Waals surface area contributed by atoms with Gasteiger partial charge in [-0.1, -0.05) is 30.3 Å². The monoisotopic (exact) mass is 402 g/mol. The highest BCUT2D eigenvalue weighted by atomic mass is 35.5. The van der Waals surface area contributed by atoms with E-state index in [2.05, 4.69) is 39.2 Å². The third kappa shape index (κ3) is 5.57. The second kappa shape index (κ2) is 11.1. The lowest BCUT2D eigenvalue weighted by atomic mass is 10.0. The number of halogens is 2. The molecule has 0 radical (unpaired) electrons. The van der Waals surface area contributed by atoms with Crippen LogP contribution in [-0.4, -0.2) is 80.5 Å². The van der Waals surface area contributed by atoms with Crippen LogP contribution in [0.2, 0.25) is 0 Å². The Kier molecular flexibility index (Phi) is 9.90. The molecule has 1 amide bonds. The fourth-order valence-corrected chi connectivity index (χ4v) is 3.89. The Balaban J connectivity index is 0.00000169. The smallest absolute Gasteiger partial charge is 0.244 e. The number of hydrogen-bond acceptors (Lipinski definition) is 4. The van der Waals surface area contributed by atoms with Gasteiger partial charge in [0.25, 0.3) is 0 Å². The predicted octanol–water partition coefficient (Wildman–Crippen LogP) is 1.89. The van der Waals surface area contributed by atoms with E-state index in [1.165, 1.54) is 0 Å². The molecule has 2 fully saturated rings. The number of rotatable bonds is 5. The van der Waals surface area contributed by atoms with Crippen molar-refractivity contribution >= 4 is 30.7 Å². The molecule has 7 heteroatoms. The van der Waals surface area contributed by atoms with Gasteiger partial charge in [0.05, 0.1) is 0 Å². The Bertz CT molecular complexity index is 538. The fraction of sp³-hybridized carbons (Fsp3) is 0.632. The first kappa shape index (κ1) is 23.2. The van der Waals surface area contributed by atoms with Gasteiger partial charge in [0.2, 0.25) is 5.91 Å². The number of nitrogens with zero attached hydrogens (tertiary/aromatic N) is 3. The van der Waals surface area contributed by atoms with Crippen molar-refractivity contribution in [1.29, 1.82) is 0 Å². The molecular formula is C19H32Cl2N4O. The van der Waals surface area contributed by atoms with Crippen LogP contribution in [-0.2, 0) is 4.79 Å². The minimum absolute atomic E-state index is 0. The van der Waals surface area contributed by atoms with Crippen LogP contribution in [0.25, 0.3) is 0 Å². The van der Waals surface area contributed by atoms with Crippen LogP contribution in [0.3, 0.4) is 0 Å². The van der Waals surface area contributed by atoms with Crippen LogP contribution in [0.5, 0.6) is 0 Å². The van der Waals surface area contributed by atoms with Gasteiger partial charge in [0, 0.05) is 39.3 Å². The third-order valence-electron chi connectivity index (χ3n) is 5.34. The molecule has 0 spiro atoms. The summed E-state index contributed by atoms with van der Waals surface area (Å²) in [5.41, 5.74) is 1.13. The van der Waals surface area contributed by atoms with Gasteiger partial charge in [0.15, 0.2) is 0 Å². The number of carbonyl (C=O) groups excluding carboxylic acids is 1. The van der Waals surface area contributed by atoms with Crippen molar-refractivity contribution < 1.29 is 4.79 Å². The molecule has 2 unspecified atom stereocenters. The summed E-state index contributed by atoms with van der Waals surface area (Å²) in [6.45, 7) is 6.73. The van der Waals surface area contributed by atoms with Crippen molar-refractivity contribution in [2.45, 2.75) is 12.5 Å². The first-order chi connectivity index (χ1) is 11.7. The summed E-state index contributed by atoms with van der Waals surface area (Å²) in [4.78, 5) is 20.1. The topological polar surface area (TPSA) is 38.8 Å². The van der Waals surface area contributed by atoms with Crippen LogP contribution >= 0.6 is 24.8 Å². The van der Waals surface area contributed by atoms with E-state index >= 15 is 0 Å². The Hall–Kier alpha value is -0.850. The molecule has 148 valence electrons. The third-order valence-corrected chi connectivity index (χ3v) is 5.34. The average Bonchev–Trinajstić information content (AvgIpc) is 3.07. The Morgan fingerprint density at radius 3 is 2.38 bits per heavy atom. The first-order valence-electron chi connectivity index (χ1n) is 9.10. The van der Waals surface area contributed by atoms with Crippen molar-refractivity contribution in [3.8, 4) is 0 Å². The zero-order valence-corrected chi connectivity index (χ0v) is 17.4. The summed E-state index contributed by atoms with van der Waals surface area (Å²) >= 11 is 0. The van der Waals surface area contributed by atoms with Gasteiger partial charge in [-0.05, 0) is 38.5 Å². The largest absolute Gasteiger partial charge is 0.341 e. The molecule has 1 aromatic carbocycles. The standard InChI is InChI=1S/C19H30N4O.2ClH/c1-20-14-16-8-9-23(15-16)19(24)18(17-6-4-3-5-7-17)22-12-10-21(2)11-13-22;;/h3-7,16,18,20H,8-15H2,1-2H3;2*1H. The molecular weight excluding hydrogens is 371 g/mol. The minimum atomic E-state index is -0.131. The SMILES string of the molecule is CNCC1CCN(C(=O)C(c2ccccc2)N2CCN(C)CC2)C1.Cl.Cl. The summed E-state index contributed by atoms with van der Waals surface area (Å²) in [7, 11) is 4.14. The van der Waals surface area contributed by atoms with Crippen LogP contribution in [0.15, 0.2) is 30.3 Å². The lowest BCUT2D eigenvalue weighted by Crippen LogP contribution is -2.50. The summed E-state index contributed by atoms with van der Waals surface area (Å²) in [6.07, 6.45) is 1.11. The molecule has 2 saturated heterocycles. The first-order valence-corrected chi connectivity index (χ1v) is 9.10. The van der Waals surface area contributed by atoms with Crippen molar-refractivity contribution in [3.63, 3.8) is 0 Å². The maximum atomic E-state index is 13.3. The van der Waals surface area contributed by atoms with E-state index in [9.17, 15) is 4.79 Å². The van der Waals surface area contributed by atoms with Gasteiger partial charge < -0.3 is 15.1 Å². The van der Waals surface area contributed by atoms with Gasteiger partial charge in [-0.15, -0.1) is 24.8 Å². The van der Waals surface area contributed by atoms with Crippen LogP contribution in [0, 0.1) is 5.92 Å². The average molecular weight is 403 g/mol. The summed E-state index contributed by atoms with van der Waals surface area (Å²) in [5, 5.41) is 3.24. The number of carbonyl (C=O) groups is 1. The summed E-state index contributed by atoms with van der Waals surface area (Å²) in [5.74, 6) is 0.868. The molecule has 26 heavy (non-hydrogen) atoms. The molecule has 1 N–H and O–H groups in total. The number of hydrogen-bond donors (Lipinski definition) is 1. The molecule has 0 saturated carbocycles. The number of amides is 1. The highest BCUT2D eigenvalue weighted by Crippen LogP contribution is 2.27. The van der Waals surface area contributed by atoms with Crippen molar-refractivity contribution in [1.82, 2.24) is 20.0 Å². The number of nitrogens with one attached hydrogen (secondary N) is 1. The molecule has 2 aliphatic rings. The highest BCUT2D eigenvalue weighted by Gasteiger charge is 2.35. The Labute approximate surface area is 169 Å². The summed E-state index contributed by atoms with van der Waals surface area (Å²) < 4.78 is 0. The van der Waals surface area contributed by atoms with E-state index in [1.54, 1.807) is 0 Å². The van der Waals surface area contributed by atoms with Gasteiger partial charge >= 0.3 is 0 Å². The van der Waals surface area contributed by atoms with Crippen LogP contribution in [0.1, 0.15) is 18.0 Å². The molecule has 2 aliphatic heterocycles. The van der Waals surface area contributed by atoms with E-state index in [-0.39, 0.29) is 36.8 Å². The molecule has 2 atom stereocenters. The molecule has 5 nitrogen and oxygen atoms in total. The number of piperazine rings is 1. The van der Waals surface area contributed by atoms with E-state index in [4.69, 9.17) is 0 Å². The number of benzene rings is 1.